The lowest BCUT2D eigenvalue weighted by Gasteiger charge is -2.03. The van der Waals surface area contributed by atoms with Crippen LogP contribution in [0.25, 0.3) is 0 Å². The Morgan fingerprint density at radius 2 is 2.17 bits per heavy atom. The Morgan fingerprint density at radius 1 is 1.39 bits per heavy atom. The van der Waals surface area contributed by atoms with E-state index in [0.29, 0.717) is 17.7 Å². The lowest BCUT2D eigenvalue weighted by atomic mass is 10.2. The number of ether oxygens (including phenoxy) is 1. The van der Waals surface area contributed by atoms with E-state index >= 15 is 0 Å². The minimum Gasteiger partial charge on any atom is -0.402 e. The van der Waals surface area contributed by atoms with Crippen LogP contribution in [0.4, 0.5) is 0 Å². The number of hydrogen-bond acceptors (Lipinski definition) is 6. The second kappa shape index (κ2) is 4.95. The predicted octanol–water partition coefficient (Wildman–Crippen LogP) is 1.86. The second-order valence-corrected chi connectivity index (χ2v) is 3.87. The van der Waals surface area contributed by atoms with E-state index in [1.165, 1.54) is 6.26 Å². The highest BCUT2D eigenvalue weighted by Crippen LogP contribution is 2.14. The molecule has 0 radical (unpaired) electrons. The summed E-state index contributed by atoms with van der Waals surface area (Å²) in [6, 6.07) is 1.67. The average Bonchev–Trinajstić information content (AvgIpc) is 2.82. The molecule has 0 saturated heterocycles. The summed E-state index contributed by atoms with van der Waals surface area (Å²) >= 11 is 0. The van der Waals surface area contributed by atoms with Crippen LogP contribution in [0.3, 0.4) is 0 Å². The fourth-order valence-corrected chi connectivity index (χ4v) is 1.40. The van der Waals surface area contributed by atoms with Gasteiger partial charge in [0.2, 0.25) is 5.88 Å². The maximum Gasteiger partial charge on any atom is 0.350 e. The third-order valence-corrected chi connectivity index (χ3v) is 2.61. The van der Waals surface area contributed by atoms with Crippen LogP contribution in [0.2, 0.25) is 0 Å². The van der Waals surface area contributed by atoms with Crippen molar-refractivity contribution < 1.29 is 14.1 Å². The molecule has 2 aromatic rings. The Kier molecular flexibility index (Phi) is 3.36. The molecule has 0 aliphatic carbocycles. The molecule has 0 saturated carbocycles. The smallest absolute Gasteiger partial charge is 0.350 e. The van der Waals surface area contributed by atoms with Crippen LogP contribution < -0.4 is 4.74 Å². The molecule has 0 unspecified atom stereocenters. The number of carbonyl (C=O) groups excluding carboxylic acids is 1. The predicted molar refractivity (Wildman–Crippen MR) is 62.3 cm³/mol. The van der Waals surface area contributed by atoms with Gasteiger partial charge in [-0.3, -0.25) is 0 Å². The first-order valence-electron chi connectivity index (χ1n) is 5.58. The number of aryl methyl sites for hydroxylation is 3. The second-order valence-electron chi connectivity index (χ2n) is 3.87. The van der Waals surface area contributed by atoms with Crippen molar-refractivity contribution in [2.24, 2.45) is 0 Å². The van der Waals surface area contributed by atoms with E-state index in [0.717, 1.165) is 11.3 Å². The Hall–Kier alpha value is -2.24. The summed E-state index contributed by atoms with van der Waals surface area (Å²) in [4.78, 5) is 11.9. The van der Waals surface area contributed by atoms with Gasteiger partial charge in [0.25, 0.3) is 0 Å². The lowest BCUT2D eigenvalue weighted by Crippen LogP contribution is -2.11. The van der Waals surface area contributed by atoms with Crippen molar-refractivity contribution in [1.82, 2.24) is 15.4 Å². The Bertz CT molecular complexity index is 578. The average molecular weight is 247 g/mol. The summed E-state index contributed by atoms with van der Waals surface area (Å²) in [5.74, 6) is -0.364. The van der Waals surface area contributed by atoms with Crippen molar-refractivity contribution in [2.45, 2.75) is 27.2 Å². The van der Waals surface area contributed by atoms with Gasteiger partial charge < -0.3 is 9.26 Å². The molecule has 0 amide bonds. The van der Waals surface area contributed by atoms with Crippen molar-refractivity contribution in [3.63, 3.8) is 0 Å². The molecule has 0 spiro atoms. The van der Waals surface area contributed by atoms with Crippen LogP contribution in [0.15, 0.2) is 16.9 Å². The summed E-state index contributed by atoms with van der Waals surface area (Å²) in [5, 5.41) is 11.4. The SMILES string of the molecule is CCc1nocc1C(=O)Oc1cc(C)c(C)nn1. The maximum atomic E-state index is 11.9. The molecule has 0 aliphatic rings. The van der Waals surface area contributed by atoms with E-state index in [4.69, 9.17) is 9.26 Å². The molecule has 6 heteroatoms. The third kappa shape index (κ3) is 2.37. The van der Waals surface area contributed by atoms with Crippen LogP contribution in [0, 0.1) is 13.8 Å². The van der Waals surface area contributed by atoms with Gasteiger partial charge in [0.1, 0.15) is 11.8 Å². The molecule has 0 bridgehead atoms. The van der Waals surface area contributed by atoms with Gasteiger partial charge in [0.15, 0.2) is 0 Å². The Labute approximate surface area is 104 Å². The van der Waals surface area contributed by atoms with Crippen LogP contribution in [-0.2, 0) is 6.42 Å². The van der Waals surface area contributed by atoms with Crippen molar-refractivity contribution in [3.05, 3.63) is 34.8 Å². The van der Waals surface area contributed by atoms with Gasteiger partial charge in [-0.15, -0.1) is 5.10 Å². The first-order chi connectivity index (χ1) is 8.61. The van der Waals surface area contributed by atoms with Crippen molar-refractivity contribution in [3.8, 4) is 5.88 Å². The van der Waals surface area contributed by atoms with Gasteiger partial charge >= 0.3 is 5.97 Å². The highest BCUT2D eigenvalue weighted by molar-refractivity contribution is 5.91. The van der Waals surface area contributed by atoms with Crippen LogP contribution >= 0.6 is 0 Å². The summed E-state index contributed by atoms with van der Waals surface area (Å²) in [5.41, 5.74) is 2.59. The fraction of sp³-hybridized carbons (Fsp3) is 0.333. The molecular weight excluding hydrogens is 234 g/mol. The zero-order valence-corrected chi connectivity index (χ0v) is 10.4. The summed E-state index contributed by atoms with van der Waals surface area (Å²) < 4.78 is 9.88. The molecule has 0 N–H and O–H groups in total. The van der Waals surface area contributed by atoms with E-state index in [1.807, 2.05) is 20.8 Å². The largest absolute Gasteiger partial charge is 0.402 e. The topological polar surface area (TPSA) is 78.1 Å². The highest BCUT2D eigenvalue weighted by Gasteiger charge is 2.17. The Balaban J connectivity index is 2.19. The van der Waals surface area contributed by atoms with Gasteiger partial charge in [-0.25, -0.2) is 4.79 Å². The minimum atomic E-state index is -0.536. The molecule has 0 atom stereocenters. The monoisotopic (exact) mass is 247 g/mol. The van der Waals surface area contributed by atoms with Gasteiger partial charge in [-0.05, 0) is 25.8 Å². The maximum absolute atomic E-state index is 11.9. The third-order valence-electron chi connectivity index (χ3n) is 2.61. The number of esters is 1. The molecule has 2 rings (SSSR count). The lowest BCUT2D eigenvalue weighted by molar-refractivity contribution is 0.0724. The van der Waals surface area contributed by atoms with E-state index in [-0.39, 0.29) is 5.88 Å². The molecule has 0 fully saturated rings. The van der Waals surface area contributed by atoms with Crippen LogP contribution in [0.1, 0.15) is 34.2 Å². The summed E-state index contributed by atoms with van der Waals surface area (Å²) in [6.07, 6.45) is 1.87. The molecule has 0 aromatic carbocycles. The molecule has 6 nitrogen and oxygen atoms in total. The summed E-state index contributed by atoms with van der Waals surface area (Å²) in [7, 11) is 0. The van der Waals surface area contributed by atoms with Crippen LogP contribution in [0.5, 0.6) is 5.88 Å². The zero-order valence-electron chi connectivity index (χ0n) is 10.4. The normalized spacial score (nSPS) is 10.4. The van der Waals surface area contributed by atoms with E-state index < -0.39 is 5.97 Å². The molecular formula is C12H13N3O3. The van der Waals surface area contributed by atoms with E-state index in [1.54, 1.807) is 6.07 Å². The first kappa shape index (κ1) is 12.2. The van der Waals surface area contributed by atoms with Gasteiger partial charge in [-0.2, -0.15) is 5.10 Å². The molecule has 2 heterocycles. The first-order valence-corrected chi connectivity index (χ1v) is 5.58. The molecule has 0 aliphatic heterocycles. The van der Waals surface area contributed by atoms with E-state index in [9.17, 15) is 4.79 Å². The van der Waals surface area contributed by atoms with Gasteiger partial charge in [-0.1, -0.05) is 12.1 Å². The number of carbonyl (C=O) groups is 1. The summed E-state index contributed by atoms with van der Waals surface area (Å²) in [6.45, 7) is 5.59. The van der Waals surface area contributed by atoms with E-state index in [2.05, 4.69) is 15.4 Å². The van der Waals surface area contributed by atoms with Crippen molar-refractivity contribution in [2.75, 3.05) is 0 Å². The van der Waals surface area contributed by atoms with Crippen molar-refractivity contribution in [1.29, 1.82) is 0 Å². The fourth-order valence-electron chi connectivity index (χ4n) is 1.40. The highest BCUT2D eigenvalue weighted by atomic mass is 16.5. The van der Waals surface area contributed by atoms with Crippen molar-refractivity contribution >= 4 is 5.97 Å². The number of nitrogens with zero attached hydrogens (tertiary/aromatic N) is 3. The molecule has 18 heavy (non-hydrogen) atoms. The number of rotatable bonds is 3. The number of hydrogen-bond donors (Lipinski definition) is 0. The molecule has 94 valence electrons. The number of aromatic nitrogens is 3. The van der Waals surface area contributed by atoms with Gasteiger partial charge in [0, 0.05) is 6.07 Å². The van der Waals surface area contributed by atoms with Crippen LogP contribution in [-0.4, -0.2) is 21.3 Å². The Morgan fingerprint density at radius 3 is 2.83 bits per heavy atom. The standard InChI is InChI=1S/C12H13N3O3/c1-4-10-9(6-17-15-10)12(16)18-11-5-7(2)8(3)13-14-11/h5-6H,4H2,1-3H3. The zero-order chi connectivity index (χ0) is 13.1. The quantitative estimate of drug-likeness (QED) is 0.770. The molecule has 2 aromatic heterocycles. The minimum absolute atomic E-state index is 0.173. The van der Waals surface area contributed by atoms with Gasteiger partial charge in [0.05, 0.1) is 11.4 Å².